The molecule has 1 saturated carbocycles. The lowest BCUT2D eigenvalue weighted by Crippen LogP contribution is -2.17. The lowest BCUT2D eigenvalue weighted by Gasteiger charge is -2.08. The fourth-order valence-corrected chi connectivity index (χ4v) is 3.98. The van der Waals surface area contributed by atoms with Crippen molar-refractivity contribution in [1.29, 1.82) is 0 Å². The van der Waals surface area contributed by atoms with Gasteiger partial charge in [0.25, 0.3) is 0 Å². The first-order chi connectivity index (χ1) is 10.7. The summed E-state index contributed by atoms with van der Waals surface area (Å²) >= 11 is 3.73. The Morgan fingerprint density at radius 1 is 1.32 bits per heavy atom. The van der Waals surface area contributed by atoms with Crippen molar-refractivity contribution in [2.75, 3.05) is 6.61 Å². The molecule has 1 heterocycles. The van der Waals surface area contributed by atoms with Crippen molar-refractivity contribution in [3.63, 3.8) is 0 Å². The van der Waals surface area contributed by atoms with Gasteiger partial charge in [0.2, 0.25) is 0 Å². The topological polar surface area (TPSA) is 52.1 Å². The van der Waals surface area contributed by atoms with Gasteiger partial charge in [0.1, 0.15) is 0 Å². The SMILES string of the molecule is CCOC(=O)C1Cc2cc3nnc(C4CC4)cc3c(Br)c2C1. The van der Waals surface area contributed by atoms with Gasteiger partial charge in [-0.05, 0) is 71.8 Å². The van der Waals surface area contributed by atoms with Gasteiger partial charge in [-0.2, -0.15) is 10.2 Å². The smallest absolute Gasteiger partial charge is 0.309 e. The van der Waals surface area contributed by atoms with Crippen LogP contribution in [-0.4, -0.2) is 22.8 Å². The Morgan fingerprint density at radius 3 is 2.86 bits per heavy atom. The first-order valence-corrected chi connectivity index (χ1v) is 8.61. The number of hydrogen-bond acceptors (Lipinski definition) is 4. The number of hydrogen-bond donors (Lipinski definition) is 0. The minimum atomic E-state index is -0.0978. The van der Waals surface area contributed by atoms with E-state index >= 15 is 0 Å². The molecule has 1 aromatic carbocycles. The highest BCUT2D eigenvalue weighted by Gasteiger charge is 2.32. The second-order valence-corrected chi connectivity index (χ2v) is 6.95. The third-order valence-electron chi connectivity index (χ3n) is 4.57. The van der Waals surface area contributed by atoms with E-state index in [0.29, 0.717) is 12.5 Å². The zero-order chi connectivity index (χ0) is 15.3. The van der Waals surface area contributed by atoms with Crippen LogP contribution in [0.5, 0.6) is 0 Å². The standard InChI is InChI=1S/C17H17BrN2O2/c1-2-22-17(21)11-5-10-7-15-13(16(18)12(10)6-11)8-14(19-20-15)9-3-4-9/h7-9,11H,2-6H2,1H3. The van der Waals surface area contributed by atoms with Crippen LogP contribution in [0.15, 0.2) is 16.6 Å². The summed E-state index contributed by atoms with van der Waals surface area (Å²) < 4.78 is 6.24. The molecule has 4 rings (SSSR count). The van der Waals surface area contributed by atoms with Crippen molar-refractivity contribution in [1.82, 2.24) is 10.2 Å². The summed E-state index contributed by atoms with van der Waals surface area (Å²) in [5.41, 5.74) is 4.40. The maximum atomic E-state index is 12.0. The molecule has 0 bridgehead atoms. The van der Waals surface area contributed by atoms with Gasteiger partial charge in [-0.1, -0.05) is 0 Å². The molecule has 1 aromatic heterocycles. The van der Waals surface area contributed by atoms with E-state index in [1.807, 2.05) is 6.92 Å². The third-order valence-corrected chi connectivity index (χ3v) is 5.48. The molecule has 1 atom stereocenters. The fourth-order valence-electron chi connectivity index (χ4n) is 3.25. The molecule has 0 N–H and O–H groups in total. The number of rotatable bonds is 3. The molecule has 0 amide bonds. The molecule has 2 aliphatic rings. The number of halogens is 1. The molecular formula is C17H17BrN2O2. The molecule has 0 aliphatic heterocycles. The van der Waals surface area contributed by atoms with Crippen LogP contribution < -0.4 is 0 Å². The number of carbonyl (C=O) groups is 1. The van der Waals surface area contributed by atoms with Gasteiger partial charge in [-0.3, -0.25) is 4.79 Å². The van der Waals surface area contributed by atoms with E-state index in [2.05, 4.69) is 38.3 Å². The minimum Gasteiger partial charge on any atom is -0.466 e. The summed E-state index contributed by atoms with van der Waals surface area (Å²) in [7, 11) is 0. The second-order valence-electron chi connectivity index (χ2n) is 6.16. The highest BCUT2D eigenvalue weighted by Crippen LogP contribution is 2.42. The predicted octanol–water partition coefficient (Wildman–Crippen LogP) is 3.55. The maximum Gasteiger partial charge on any atom is 0.309 e. The number of ether oxygens (including phenoxy) is 1. The number of esters is 1. The minimum absolute atomic E-state index is 0.0704. The Morgan fingerprint density at radius 2 is 2.14 bits per heavy atom. The van der Waals surface area contributed by atoms with Crippen molar-refractivity contribution in [3.8, 4) is 0 Å². The number of aromatic nitrogens is 2. The van der Waals surface area contributed by atoms with E-state index < -0.39 is 0 Å². The van der Waals surface area contributed by atoms with Crippen molar-refractivity contribution >= 4 is 32.8 Å². The first-order valence-electron chi connectivity index (χ1n) is 7.81. The fraction of sp³-hybridized carbons (Fsp3) is 0.471. The van der Waals surface area contributed by atoms with E-state index in [4.69, 9.17) is 4.74 Å². The van der Waals surface area contributed by atoms with Crippen molar-refractivity contribution < 1.29 is 9.53 Å². The van der Waals surface area contributed by atoms with Crippen LogP contribution >= 0.6 is 15.9 Å². The lowest BCUT2D eigenvalue weighted by atomic mass is 10.1. The summed E-state index contributed by atoms with van der Waals surface area (Å²) in [5.74, 6) is 0.419. The summed E-state index contributed by atoms with van der Waals surface area (Å²) in [6, 6.07) is 4.24. The molecule has 1 unspecified atom stereocenters. The first kappa shape index (κ1) is 14.1. The molecular weight excluding hydrogens is 344 g/mol. The van der Waals surface area contributed by atoms with Gasteiger partial charge in [-0.15, -0.1) is 0 Å². The van der Waals surface area contributed by atoms with E-state index in [1.54, 1.807) is 0 Å². The Balaban J connectivity index is 1.74. The second kappa shape index (κ2) is 5.30. The van der Waals surface area contributed by atoms with Gasteiger partial charge in [-0.25, -0.2) is 0 Å². The molecule has 114 valence electrons. The number of carbonyl (C=O) groups excluding carboxylic acids is 1. The summed E-state index contributed by atoms with van der Waals surface area (Å²) in [6.45, 7) is 2.28. The van der Waals surface area contributed by atoms with E-state index in [-0.39, 0.29) is 11.9 Å². The van der Waals surface area contributed by atoms with Gasteiger partial charge >= 0.3 is 5.97 Å². The van der Waals surface area contributed by atoms with Gasteiger partial charge in [0.05, 0.1) is 23.7 Å². The van der Waals surface area contributed by atoms with Crippen molar-refractivity contribution in [3.05, 3.63) is 33.4 Å². The average Bonchev–Trinajstić information content (AvgIpc) is 3.27. The van der Waals surface area contributed by atoms with Crippen molar-refractivity contribution in [2.24, 2.45) is 5.92 Å². The number of fused-ring (bicyclic) bond motifs is 2. The molecule has 0 radical (unpaired) electrons. The van der Waals surface area contributed by atoms with Gasteiger partial charge in [0.15, 0.2) is 0 Å². The van der Waals surface area contributed by atoms with Crippen molar-refractivity contribution in [2.45, 2.75) is 38.5 Å². The van der Waals surface area contributed by atoms with E-state index in [0.717, 1.165) is 33.9 Å². The molecule has 22 heavy (non-hydrogen) atoms. The molecule has 5 heteroatoms. The molecule has 0 spiro atoms. The lowest BCUT2D eigenvalue weighted by molar-refractivity contribution is -0.147. The van der Waals surface area contributed by atoms with Crippen LogP contribution in [0.25, 0.3) is 10.9 Å². The Bertz CT molecular complexity index is 771. The highest BCUT2D eigenvalue weighted by molar-refractivity contribution is 9.10. The third kappa shape index (κ3) is 2.32. The van der Waals surface area contributed by atoms with Gasteiger partial charge < -0.3 is 4.74 Å². The van der Waals surface area contributed by atoms with Crippen LogP contribution in [0.3, 0.4) is 0 Å². The average molecular weight is 361 g/mol. The van der Waals surface area contributed by atoms with E-state index in [9.17, 15) is 4.79 Å². The summed E-state index contributed by atoms with van der Waals surface area (Å²) in [6.07, 6.45) is 3.90. The predicted molar refractivity (Wildman–Crippen MR) is 86.7 cm³/mol. The van der Waals surface area contributed by atoms with Crippen LogP contribution in [0.4, 0.5) is 0 Å². The van der Waals surface area contributed by atoms with E-state index in [1.165, 1.54) is 24.0 Å². The Hall–Kier alpha value is -1.49. The number of nitrogens with zero attached hydrogens (tertiary/aromatic N) is 2. The Kier molecular flexibility index (Phi) is 3.40. The summed E-state index contributed by atoms with van der Waals surface area (Å²) in [5, 5.41) is 9.86. The quantitative estimate of drug-likeness (QED) is 0.785. The monoisotopic (exact) mass is 360 g/mol. The molecule has 1 fully saturated rings. The summed E-state index contributed by atoms with van der Waals surface area (Å²) in [4.78, 5) is 12.0. The molecule has 4 nitrogen and oxygen atoms in total. The van der Waals surface area contributed by atoms with Crippen LogP contribution in [0.1, 0.15) is 42.5 Å². The normalized spacial score (nSPS) is 20.2. The van der Waals surface area contributed by atoms with Crippen LogP contribution in [0, 0.1) is 5.92 Å². The maximum absolute atomic E-state index is 12.0. The molecule has 0 saturated heterocycles. The molecule has 2 aromatic rings. The largest absolute Gasteiger partial charge is 0.466 e. The molecule has 2 aliphatic carbocycles. The zero-order valence-corrected chi connectivity index (χ0v) is 14.0. The van der Waals surface area contributed by atoms with Crippen LogP contribution in [-0.2, 0) is 22.4 Å². The Labute approximate surface area is 137 Å². The zero-order valence-electron chi connectivity index (χ0n) is 12.4. The van der Waals surface area contributed by atoms with Gasteiger partial charge in [0, 0.05) is 15.8 Å². The highest BCUT2D eigenvalue weighted by atomic mass is 79.9. The van der Waals surface area contributed by atoms with Crippen LogP contribution in [0.2, 0.25) is 0 Å². The number of benzene rings is 1.